The van der Waals surface area contributed by atoms with Crippen LogP contribution in [-0.4, -0.2) is 29.6 Å². The van der Waals surface area contributed by atoms with Crippen LogP contribution < -0.4 is 10.9 Å². The summed E-state index contributed by atoms with van der Waals surface area (Å²) in [6.07, 6.45) is 0. The number of halogens is 2. The van der Waals surface area contributed by atoms with Gasteiger partial charge < -0.3 is 19.9 Å². The molecule has 1 unspecified atom stereocenters. The van der Waals surface area contributed by atoms with E-state index < -0.39 is 11.8 Å². The van der Waals surface area contributed by atoms with Crippen LogP contribution in [0, 0.1) is 5.82 Å². The van der Waals surface area contributed by atoms with E-state index in [0.29, 0.717) is 23.4 Å². The fourth-order valence-corrected chi connectivity index (χ4v) is 4.21. The third-order valence-corrected chi connectivity index (χ3v) is 5.63. The van der Waals surface area contributed by atoms with E-state index >= 15 is 0 Å². The van der Waals surface area contributed by atoms with Crippen LogP contribution in [0.15, 0.2) is 33.8 Å². The number of H-pyrrole nitrogens is 1. The topological polar surface area (TPSA) is 74.4 Å². The summed E-state index contributed by atoms with van der Waals surface area (Å²) in [5, 5.41) is 7.77. The van der Waals surface area contributed by atoms with Crippen LogP contribution in [0.3, 0.4) is 0 Å². The van der Waals surface area contributed by atoms with Crippen LogP contribution in [0.1, 0.15) is 17.3 Å². The molecule has 1 atom stereocenters. The SMILES string of the molecule is CN(C(=O)Nc1ccc(F)c(Cl)c1)C1COCc2[nH]c(=O)c3cscc3c21. The molecule has 2 aromatic heterocycles. The number of benzene rings is 1. The van der Waals surface area contributed by atoms with Crippen LogP contribution in [0.4, 0.5) is 14.9 Å². The average Bonchev–Trinajstić information content (AvgIpc) is 3.14. The number of amides is 2. The maximum Gasteiger partial charge on any atom is 0.322 e. The van der Waals surface area contributed by atoms with Gasteiger partial charge in [0.1, 0.15) is 5.82 Å². The van der Waals surface area contributed by atoms with Crippen molar-refractivity contribution in [3.8, 4) is 0 Å². The highest BCUT2D eigenvalue weighted by atomic mass is 35.5. The molecular formula is C18H15ClFN3O3S. The number of anilines is 1. The van der Waals surface area contributed by atoms with Gasteiger partial charge in [0.05, 0.1) is 29.7 Å². The van der Waals surface area contributed by atoms with Gasteiger partial charge in [-0.15, -0.1) is 0 Å². The number of thiophene rings is 1. The molecule has 6 nitrogen and oxygen atoms in total. The molecule has 4 rings (SSSR count). The largest absolute Gasteiger partial charge is 0.373 e. The maximum atomic E-state index is 13.3. The highest BCUT2D eigenvalue weighted by Crippen LogP contribution is 2.34. The van der Waals surface area contributed by atoms with E-state index in [0.717, 1.165) is 10.9 Å². The molecule has 1 aliphatic rings. The summed E-state index contributed by atoms with van der Waals surface area (Å²) in [6, 6.07) is 3.21. The number of fused-ring (bicyclic) bond motifs is 3. The van der Waals surface area contributed by atoms with Crippen LogP contribution in [-0.2, 0) is 11.3 Å². The van der Waals surface area contributed by atoms with Gasteiger partial charge in [-0.25, -0.2) is 9.18 Å². The monoisotopic (exact) mass is 407 g/mol. The van der Waals surface area contributed by atoms with Crippen molar-refractivity contribution in [3.63, 3.8) is 0 Å². The van der Waals surface area contributed by atoms with E-state index in [1.165, 1.54) is 34.4 Å². The summed E-state index contributed by atoms with van der Waals surface area (Å²) in [7, 11) is 1.65. The molecule has 3 heterocycles. The lowest BCUT2D eigenvalue weighted by Crippen LogP contribution is -2.39. The number of hydrogen-bond acceptors (Lipinski definition) is 4. The number of aromatic nitrogens is 1. The van der Waals surface area contributed by atoms with Crippen molar-refractivity contribution in [2.75, 3.05) is 19.0 Å². The molecule has 0 bridgehead atoms. The zero-order valence-corrected chi connectivity index (χ0v) is 15.8. The van der Waals surface area contributed by atoms with Crippen molar-refractivity contribution in [3.05, 3.63) is 61.4 Å². The second-order valence-corrected chi connectivity index (χ2v) is 7.40. The molecule has 9 heteroatoms. The first-order valence-corrected chi connectivity index (χ1v) is 9.45. The number of ether oxygens (including phenoxy) is 1. The Morgan fingerprint density at radius 2 is 2.19 bits per heavy atom. The summed E-state index contributed by atoms with van der Waals surface area (Å²) in [5.74, 6) is -0.554. The molecule has 1 aromatic carbocycles. The lowest BCUT2D eigenvalue weighted by Gasteiger charge is -2.33. The Kier molecular flexibility index (Phi) is 4.63. The Balaban J connectivity index is 1.66. The molecule has 1 aliphatic heterocycles. The first-order valence-electron chi connectivity index (χ1n) is 8.13. The van der Waals surface area contributed by atoms with Gasteiger partial charge >= 0.3 is 6.03 Å². The van der Waals surface area contributed by atoms with Gasteiger partial charge in [-0.2, -0.15) is 11.3 Å². The van der Waals surface area contributed by atoms with E-state index in [4.69, 9.17) is 16.3 Å². The van der Waals surface area contributed by atoms with Crippen molar-refractivity contribution < 1.29 is 13.9 Å². The zero-order valence-electron chi connectivity index (χ0n) is 14.2. The summed E-state index contributed by atoms with van der Waals surface area (Å²) >= 11 is 7.21. The van der Waals surface area contributed by atoms with Crippen LogP contribution >= 0.6 is 22.9 Å². The molecule has 2 amide bonds. The Morgan fingerprint density at radius 3 is 2.96 bits per heavy atom. The Morgan fingerprint density at radius 1 is 1.41 bits per heavy atom. The highest BCUT2D eigenvalue weighted by Gasteiger charge is 2.30. The molecule has 0 saturated carbocycles. The molecular weight excluding hydrogens is 393 g/mol. The van der Waals surface area contributed by atoms with Crippen molar-refractivity contribution in [1.29, 1.82) is 0 Å². The second-order valence-electron chi connectivity index (χ2n) is 6.25. The lowest BCUT2D eigenvalue weighted by atomic mass is 9.98. The van der Waals surface area contributed by atoms with Gasteiger partial charge in [0.15, 0.2) is 0 Å². The number of carbonyl (C=O) groups excluding carboxylic acids is 1. The minimum absolute atomic E-state index is 0.0700. The van der Waals surface area contributed by atoms with Gasteiger partial charge in [0, 0.05) is 34.8 Å². The predicted octanol–water partition coefficient (Wildman–Crippen LogP) is 4.12. The number of nitrogens with zero attached hydrogens (tertiary/aromatic N) is 1. The average molecular weight is 408 g/mol. The summed E-state index contributed by atoms with van der Waals surface area (Å²) in [5.41, 5.74) is 1.78. The lowest BCUT2D eigenvalue weighted by molar-refractivity contribution is 0.0528. The van der Waals surface area contributed by atoms with E-state index in [-0.39, 0.29) is 23.2 Å². The van der Waals surface area contributed by atoms with E-state index in [1.807, 2.05) is 5.38 Å². The summed E-state index contributed by atoms with van der Waals surface area (Å²) < 4.78 is 18.9. The Labute approximate surface area is 162 Å². The fourth-order valence-electron chi connectivity index (χ4n) is 3.20. The van der Waals surface area contributed by atoms with Crippen molar-refractivity contribution >= 4 is 45.4 Å². The van der Waals surface area contributed by atoms with Gasteiger partial charge in [-0.3, -0.25) is 4.79 Å². The molecule has 0 radical (unpaired) electrons. The van der Waals surface area contributed by atoms with Crippen LogP contribution in [0.25, 0.3) is 10.8 Å². The molecule has 0 spiro atoms. The van der Waals surface area contributed by atoms with Crippen molar-refractivity contribution in [1.82, 2.24) is 9.88 Å². The number of nitrogens with one attached hydrogen (secondary N) is 2. The molecule has 0 aliphatic carbocycles. The highest BCUT2D eigenvalue weighted by molar-refractivity contribution is 7.09. The van der Waals surface area contributed by atoms with E-state index in [1.54, 1.807) is 12.4 Å². The molecule has 2 N–H and O–H groups in total. The maximum absolute atomic E-state index is 13.3. The second kappa shape index (κ2) is 6.95. The number of rotatable bonds is 2. The number of hydrogen-bond donors (Lipinski definition) is 2. The standard InChI is InChI=1S/C18H15ClFN3O3S/c1-23(18(25)21-9-2-3-13(20)12(19)4-9)15-6-26-5-14-16(15)10-7-27-8-11(10)17(24)22-14/h2-4,7-8,15H,5-6H2,1H3,(H,21,25)(H,22,24). The molecule has 140 valence electrons. The fraction of sp³-hybridized carbons (Fsp3) is 0.222. The van der Waals surface area contributed by atoms with Gasteiger partial charge in [-0.05, 0) is 23.6 Å². The van der Waals surface area contributed by atoms with Crippen LogP contribution in [0.5, 0.6) is 0 Å². The minimum atomic E-state index is -0.554. The summed E-state index contributed by atoms with van der Waals surface area (Å²) in [4.78, 5) is 29.3. The number of carbonyl (C=O) groups is 1. The zero-order chi connectivity index (χ0) is 19.1. The Hall–Kier alpha value is -2.42. The quantitative estimate of drug-likeness (QED) is 0.671. The summed E-state index contributed by atoms with van der Waals surface area (Å²) in [6.45, 7) is 0.591. The third kappa shape index (κ3) is 3.20. The number of pyridine rings is 1. The van der Waals surface area contributed by atoms with Crippen molar-refractivity contribution in [2.24, 2.45) is 0 Å². The Bertz CT molecular complexity index is 1100. The first kappa shape index (κ1) is 18.0. The van der Waals surface area contributed by atoms with Crippen molar-refractivity contribution in [2.45, 2.75) is 12.6 Å². The van der Waals surface area contributed by atoms with E-state index in [9.17, 15) is 14.0 Å². The smallest absolute Gasteiger partial charge is 0.322 e. The normalized spacial score (nSPS) is 16.2. The van der Waals surface area contributed by atoms with Gasteiger partial charge in [-0.1, -0.05) is 11.6 Å². The van der Waals surface area contributed by atoms with Gasteiger partial charge in [0.25, 0.3) is 5.56 Å². The third-order valence-electron chi connectivity index (χ3n) is 4.60. The number of urea groups is 1. The molecule has 3 aromatic rings. The molecule has 27 heavy (non-hydrogen) atoms. The number of likely N-dealkylation sites (N-methyl/N-ethyl adjacent to an activating group) is 1. The predicted molar refractivity (Wildman–Crippen MR) is 103 cm³/mol. The van der Waals surface area contributed by atoms with E-state index in [2.05, 4.69) is 10.3 Å². The van der Waals surface area contributed by atoms with Gasteiger partial charge in [0.2, 0.25) is 0 Å². The minimum Gasteiger partial charge on any atom is -0.373 e. The molecule has 0 saturated heterocycles. The number of aromatic amines is 1. The molecule has 0 fully saturated rings. The first-order chi connectivity index (χ1) is 13.0. The van der Waals surface area contributed by atoms with Crippen LogP contribution in [0.2, 0.25) is 5.02 Å².